The van der Waals surface area contributed by atoms with Crippen LogP contribution >= 0.6 is 0 Å². The lowest BCUT2D eigenvalue weighted by Gasteiger charge is -2.07. The Morgan fingerprint density at radius 3 is 2.73 bits per heavy atom. The van der Waals surface area contributed by atoms with Gasteiger partial charge in [-0.2, -0.15) is 5.10 Å². The molecule has 114 valence electrons. The number of carbonyl (C=O) groups excluding carboxylic acids is 1. The summed E-state index contributed by atoms with van der Waals surface area (Å²) in [6.07, 6.45) is -0.240. The van der Waals surface area contributed by atoms with Crippen molar-refractivity contribution in [2.45, 2.75) is 19.9 Å². The van der Waals surface area contributed by atoms with E-state index in [-0.39, 0.29) is 18.7 Å². The van der Waals surface area contributed by atoms with Crippen molar-refractivity contribution < 1.29 is 14.7 Å². The molecule has 0 spiro atoms. The van der Waals surface area contributed by atoms with Crippen molar-refractivity contribution in [1.82, 2.24) is 9.78 Å². The minimum atomic E-state index is -1.04. The van der Waals surface area contributed by atoms with Gasteiger partial charge in [-0.3, -0.25) is 14.4 Å². The van der Waals surface area contributed by atoms with Crippen LogP contribution in [0.15, 0.2) is 41.2 Å². The lowest BCUT2D eigenvalue weighted by atomic mass is 10.2. The van der Waals surface area contributed by atoms with Crippen LogP contribution in [-0.4, -0.2) is 26.8 Å². The summed E-state index contributed by atoms with van der Waals surface area (Å²) in [6, 6.07) is 9.76. The monoisotopic (exact) mass is 301 g/mol. The second kappa shape index (κ2) is 6.66. The maximum Gasteiger partial charge on any atom is 0.305 e. The van der Waals surface area contributed by atoms with Crippen LogP contribution in [0.4, 0.5) is 5.69 Å². The molecule has 2 rings (SSSR count). The highest BCUT2D eigenvalue weighted by molar-refractivity contribution is 6.02. The molecular formula is C15H15N3O4. The van der Waals surface area contributed by atoms with Gasteiger partial charge < -0.3 is 10.4 Å². The van der Waals surface area contributed by atoms with Gasteiger partial charge in [0.05, 0.1) is 13.0 Å². The highest BCUT2D eigenvalue weighted by Gasteiger charge is 2.11. The summed E-state index contributed by atoms with van der Waals surface area (Å²) >= 11 is 0. The zero-order valence-corrected chi connectivity index (χ0v) is 11.9. The van der Waals surface area contributed by atoms with E-state index < -0.39 is 17.4 Å². The van der Waals surface area contributed by atoms with E-state index >= 15 is 0 Å². The van der Waals surface area contributed by atoms with Crippen molar-refractivity contribution in [2.24, 2.45) is 0 Å². The maximum atomic E-state index is 12.1. The Bertz CT molecular complexity index is 767. The molecule has 0 radical (unpaired) electrons. The van der Waals surface area contributed by atoms with E-state index in [0.717, 1.165) is 10.2 Å². The van der Waals surface area contributed by atoms with E-state index in [1.165, 1.54) is 12.1 Å². The first-order valence-corrected chi connectivity index (χ1v) is 6.64. The molecule has 0 saturated carbocycles. The molecule has 22 heavy (non-hydrogen) atoms. The maximum absolute atomic E-state index is 12.1. The number of carbonyl (C=O) groups is 2. The first-order valence-electron chi connectivity index (χ1n) is 6.64. The molecule has 0 aliphatic heterocycles. The first kappa shape index (κ1) is 15.4. The number of benzene rings is 1. The Labute approximate surface area is 126 Å². The van der Waals surface area contributed by atoms with Crippen LogP contribution in [0.25, 0.3) is 0 Å². The molecule has 0 aliphatic carbocycles. The molecule has 0 atom stereocenters. The van der Waals surface area contributed by atoms with Crippen LogP contribution in [-0.2, 0) is 11.3 Å². The summed E-state index contributed by atoms with van der Waals surface area (Å²) in [5.74, 6) is -1.50. The topological polar surface area (TPSA) is 101 Å². The highest BCUT2D eigenvalue weighted by atomic mass is 16.4. The summed E-state index contributed by atoms with van der Waals surface area (Å²) < 4.78 is 0.972. The summed E-state index contributed by atoms with van der Waals surface area (Å²) in [5.41, 5.74) is 1.21. The van der Waals surface area contributed by atoms with Crippen LogP contribution < -0.4 is 10.9 Å². The van der Waals surface area contributed by atoms with Gasteiger partial charge in [0.25, 0.3) is 11.5 Å². The van der Waals surface area contributed by atoms with Crippen LogP contribution in [0.3, 0.4) is 0 Å². The molecule has 0 saturated heterocycles. The average molecular weight is 301 g/mol. The summed E-state index contributed by atoms with van der Waals surface area (Å²) in [4.78, 5) is 34.3. The van der Waals surface area contributed by atoms with Crippen molar-refractivity contribution in [1.29, 1.82) is 0 Å². The highest BCUT2D eigenvalue weighted by Crippen LogP contribution is 2.10. The minimum Gasteiger partial charge on any atom is -0.481 e. The molecule has 2 aromatic rings. The number of hydrogen-bond acceptors (Lipinski definition) is 4. The Kier molecular flexibility index (Phi) is 4.67. The fourth-order valence-electron chi connectivity index (χ4n) is 1.85. The van der Waals surface area contributed by atoms with Gasteiger partial charge in [0, 0.05) is 11.8 Å². The third kappa shape index (κ3) is 4.02. The SMILES string of the molecule is Cc1cccc(NC(=O)c2ccc(=O)n(CCC(=O)O)n2)c1. The molecule has 1 aromatic heterocycles. The smallest absolute Gasteiger partial charge is 0.305 e. The van der Waals surface area contributed by atoms with Gasteiger partial charge in [-0.15, -0.1) is 0 Å². The molecule has 0 aliphatic rings. The number of aryl methyl sites for hydroxylation is 2. The zero-order chi connectivity index (χ0) is 16.1. The number of aromatic nitrogens is 2. The van der Waals surface area contributed by atoms with E-state index in [9.17, 15) is 14.4 Å². The molecule has 1 amide bonds. The number of anilines is 1. The van der Waals surface area contributed by atoms with Crippen molar-refractivity contribution in [3.8, 4) is 0 Å². The molecule has 0 fully saturated rings. The number of hydrogen-bond donors (Lipinski definition) is 2. The minimum absolute atomic E-state index is 0.0477. The van der Waals surface area contributed by atoms with Crippen LogP contribution in [0, 0.1) is 6.92 Å². The summed E-state index contributed by atoms with van der Waals surface area (Å²) in [5, 5.41) is 15.2. The normalized spacial score (nSPS) is 10.2. The number of nitrogens with one attached hydrogen (secondary N) is 1. The van der Waals surface area contributed by atoms with E-state index in [4.69, 9.17) is 5.11 Å². The van der Waals surface area contributed by atoms with Crippen molar-refractivity contribution in [3.05, 3.63) is 58.0 Å². The van der Waals surface area contributed by atoms with Crippen LogP contribution in [0.5, 0.6) is 0 Å². The van der Waals surface area contributed by atoms with E-state index in [1.807, 2.05) is 19.1 Å². The predicted molar refractivity (Wildman–Crippen MR) is 79.9 cm³/mol. The molecule has 2 N–H and O–H groups in total. The largest absolute Gasteiger partial charge is 0.481 e. The Hall–Kier alpha value is -2.96. The van der Waals surface area contributed by atoms with E-state index in [1.54, 1.807) is 12.1 Å². The summed E-state index contributed by atoms with van der Waals surface area (Å²) in [7, 11) is 0. The molecule has 7 heteroatoms. The van der Waals surface area contributed by atoms with Gasteiger partial charge >= 0.3 is 5.97 Å². The first-order chi connectivity index (χ1) is 10.5. The molecule has 0 unspecified atom stereocenters. The number of amides is 1. The standard InChI is InChI=1S/C15H15N3O4/c1-10-3-2-4-11(9-10)16-15(22)12-5-6-13(19)18(17-12)8-7-14(20)21/h2-6,9H,7-8H2,1H3,(H,16,22)(H,20,21). The predicted octanol–water partition coefficient (Wildman–Crippen LogP) is 1.28. The number of aliphatic carboxylic acids is 1. The van der Waals surface area contributed by atoms with Gasteiger partial charge in [-0.25, -0.2) is 4.68 Å². The number of rotatable bonds is 5. The van der Waals surface area contributed by atoms with Crippen molar-refractivity contribution in [2.75, 3.05) is 5.32 Å². The molecule has 1 aromatic carbocycles. The van der Waals surface area contributed by atoms with Crippen molar-refractivity contribution >= 4 is 17.6 Å². The molecular weight excluding hydrogens is 286 g/mol. The fraction of sp³-hybridized carbons (Fsp3) is 0.200. The van der Waals surface area contributed by atoms with Gasteiger partial charge in [0.2, 0.25) is 0 Å². The van der Waals surface area contributed by atoms with E-state index in [0.29, 0.717) is 5.69 Å². The lowest BCUT2D eigenvalue weighted by Crippen LogP contribution is -2.27. The third-order valence-corrected chi connectivity index (χ3v) is 2.91. The molecule has 7 nitrogen and oxygen atoms in total. The molecule has 1 heterocycles. The Balaban J connectivity index is 2.17. The number of carboxylic acid groups (broad SMARTS) is 1. The number of nitrogens with zero attached hydrogens (tertiary/aromatic N) is 2. The fourth-order valence-corrected chi connectivity index (χ4v) is 1.85. The zero-order valence-electron chi connectivity index (χ0n) is 11.9. The Morgan fingerprint density at radius 2 is 2.05 bits per heavy atom. The van der Waals surface area contributed by atoms with Crippen molar-refractivity contribution in [3.63, 3.8) is 0 Å². The average Bonchev–Trinajstić information content (AvgIpc) is 2.46. The number of carboxylic acids is 1. The van der Waals surface area contributed by atoms with Gasteiger partial charge in [0.1, 0.15) is 5.69 Å². The summed E-state index contributed by atoms with van der Waals surface area (Å²) in [6.45, 7) is 1.82. The second-order valence-electron chi connectivity index (χ2n) is 4.75. The van der Waals surface area contributed by atoms with Crippen LogP contribution in [0.2, 0.25) is 0 Å². The lowest BCUT2D eigenvalue weighted by molar-refractivity contribution is -0.137. The van der Waals surface area contributed by atoms with Crippen LogP contribution in [0.1, 0.15) is 22.5 Å². The van der Waals surface area contributed by atoms with E-state index in [2.05, 4.69) is 10.4 Å². The second-order valence-corrected chi connectivity index (χ2v) is 4.75. The Morgan fingerprint density at radius 1 is 1.27 bits per heavy atom. The third-order valence-electron chi connectivity index (χ3n) is 2.91. The molecule has 0 bridgehead atoms. The van der Waals surface area contributed by atoms with Gasteiger partial charge in [-0.1, -0.05) is 12.1 Å². The quantitative estimate of drug-likeness (QED) is 0.866. The van der Waals surface area contributed by atoms with Gasteiger partial charge in [-0.05, 0) is 30.7 Å². The van der Waals surface area contributed by atoms with Gasteiger partial charge in [0.15, 0.2) is 0 Å².